The van der Waals surface area contributed by atoms with Crippen molar-refractivity contribution in [3.8, 4) is 5.75 Å². The van der Waals surface area contributed by atoms with Crippen LogP contribution in [0.25, 0.3) is 0 Å². The number of hydrogen-bond donors (Lipinski definition) is 2. The zero-order valence-corrected chi connectivity index (χ0v) is 10.3. The quantitative estimate of drug-likeness (QED) is 0.807. The van der Waals surface area contributed by atoms with E-state index in [0.29, 0.717) is 0 Å². The molecule has 1 aromatic rings. The van der Waals surface area contributed by atoms with Gasteiger partial charge in [-0.1, -0.05) is 12.1 Å². The van der Waals surface area contributed by atoms with Crippen LogP contribution in [0.2, 0.25) is 0 Å². The molecule has 104 valence electrons. The van der Waals surface area contributed by atoms with Crippen LogP contribution in [-0.4, -0.2) is 23.6 Å². The molecule has 0 saturated carbocycles. The number of carboxylic acids is 1. The molecule has 0 aromatic heterocycles. The fourth-order valence-electron chi connectivity index (χ4n) is 1.14. The van der Waals surface area contributed by atoms with Gasteiger partial charge >= 0.3 is 12.6 Å². The van der Waals surface area contributed by atoms with E-state index in [4.69, 9.17) is 5.11 Å². The molecular weight excluding hydrogens is 260 g/mol. The predicted molar refractivity (Wildman–Crippen MR) is 63.1 cm³/mol. The molecule has 0 aliphatic rings. The van der Waals surface area contributed by atoms with Gasteiger partial charge in [-0.15, -0.1) is 0 Å². The second-order valence-electron chi connectivity index (χ2n) is 4.26. The molecule has 7 heteroatoms. The highest BCUT2D eigenvalue weighted by Gasteiger charge is 2.36. The fraction of sp³-hybridized carbons (Fsp3) is 0.333. The molecule has 0 saturated heterocycles. The maximum Gasteiger partial charge on any atom is 0.387 e. The normalized spacial score (nSPS) is 11.2. The van der Waals surface area contributed by atoms with Gasteiger partial charge in [0, 0.05) is 0 Å². The molecular formula is C12H13F2NO4. The van der Waals surface area contributed by atoms with Gasteiger partial charge in [0.2, 0.25) is 5.91 Å². The summed E-state index contributed by atoms with van der Waals surface area (Å²) < 4.78 is 28.6. The summed E-state index contributed by atoms with van der Waals surface area (Å²) in [4.78, 5) is 22.7. The number of hydrogen-bond acceptors (Lipinski definition) is 3. The first-order chi connectivity index (χ1) is 8.75. The summed E-state index contributed by atoms with van der Waals surface area (Å²) in [6.45, 7) is -0.617. The van der Waals surface area contributed by atoms with Crippen LogP contribution in [0.15, 0.2) is 24.3 Å². The van der Waals surface area contributed by atoms with E-state index in [0.717, 1.165) is 0 Å². The predicted octanol–water partition coefficient (Wildman–Crippen LogP) is 2.34. The molecule has 0 bridgehead atoms. The second kappa shape index (κ2) is 5.64. The Labute approximate surface area is 108 Å². The number of alkyl halides is 2. The highest BCUT2D eigenvalue weighted by atomic mass is 19.3. The average Bonchev–Trinajstić information content (AvgIpc) is 2.30. The van der Waals surface area contributed by atoms with E-state index in [-0.39, 0.29) is 11.4 Å². The van der Waals surface area contributed by atoms with E-state index in [1.165, 1.54) is 38.1 Å². The summed E-state index contributed by atoms with van der Waals surface area (Å²) in [6.07, 6.45) is 0. The van der Waals surface area contributed by atoms with E-state index in [9.17, 15) is 18.4 Å². The molecule has 1 amide bonds. The number of anilines is 1. The zero-order chi connectivity index (χ0) is 14.6. The van der Waals surface area contributed by atoms with Gasteiger partial charge in [0.25, 0.3) is 0 Å². The van der Waals surface area contributed by atoms with Crippen molar-refractivity contribution in [2.45, 2.75) is 20.5 Å². The molecule has 19 heavy (non-hydrogen) atoms. The summed E-state index contributed by atoms with van der Waals surface area (Å²) in [5.41, 5.74) is -1.69. The molecule has 2 N–H and O–H groups in total. The summed E-state index contributed by atoms with van der Waals surface area (Å²) in [5.74, 6) is -2.38. The Hall–Kier alpha value is -2.18. The van der Waals surface area contributed by atoms with Gasteiger partial charge < -0.3 is 15.2 Å². The molecule has 0 radical (unpaired) electrons. The zero-order valence-electron chi connectivity index (χ0n) is 10.3. The lowest BCUT2D eigenvalue weighted by Gasteiger charge is -2.19. The molecule has 0 atom stereocenters. The van der Waals surface area contributed by atoms with Crippen molar-refractivity contribution >= 4 is 17.6 Å². The number of carbonyl (C=O) groups excluding carboxylic acids is 1. The van der Waals surface area contributed by atoms with Gasteiger partial charge in [-0.2, -0.15) is 8.78 Å². The van der Waals surface area contributed by atoms with Crippen LogP contribution in [0.5, 0.6) is 5.75 Å². The first-order valence-corrected chi connectivity index (χ1v) is 5.34. The number of aliphatic carboxylic acids is 1. The van der Waals surface area contributed by atoms with Crippen molar-refractivity contribution in [2.75, 3.05) is 5.32 Å². The van der Waals surface area contributed by atoms with Crippen LogP contribution in [-0.2, 0) is 9.59 Å². The first-order valence-electron chi connectivity index (χ1n) is 5.34. The molecule has 0 heterocycles. The number of para-hydroxylation sites is 2. The maximum absolute atomic E-state index is 12.2. The van der Waals surface area contributed by atoms with E-state index in [1.54, 1.807) is 0 Å². The van der Waals surface area contributed by atoms with Crippen LogP contribution in [0.4, 0.5) is 14.5 Å². The van der Waals surface area contributed by atoms with Gasteiger partial charge in [0.05, 0.1) is 5.69 Å². The number of nitrogens with one attached hydrogen (secondary N) is 1. The Morgan fingerprint density at radius 1 is 1.32 bits per heavy atom. The lowest BCUT2D eigenvalue weighted by molar-refractivity contribution is -0.151. The highest BCUT2D eigenvalue weighted by molar-refractivity contribution is 6.08. The van der Waals surface area contributed by atoms with Gasteiger partial charge in [-0.25, -0.2) is 0 Å². The van der Waals surface area contributed by atoms with Crippen LogP contribution in [0, 0.1) is 5.41 Å². The molecule has 1 rings (SSSR count). The Bertz CT molecular complexity index is 488. The number of amides is 1. The number of ether oxygens (including phenoxy) is 1. The number of carbonyl (C=O) groups is 2. The number of benzene rings is 1. The minimum absolute atomic E-state index is 0.0119. The lowest BCUT2D eigenvalue weighted by atomic mass is 9.92. The summed E-state index contributed by atoms with van der Waals surface area (Å²) in [6, 6.07) is 5.54. The van der Waals surface area contributed by atoms with Gasteiger partial charge in [0.15, 0.2) is 0 Å². The molecule has 5 nitrogen and oxygen atoms in total. The fourth-order valence-corrected chi connectivity index (χ4v) is 1.14. The molecule has 0 unspecified atom stereocenters. The number of halogens is 2. The smallest absolute Gasteiger partial charge is 0.387 e. The van der Waals surface area contributed by atoms with Crippen molar-refractivity contribution in [3.63, 3.8) is 0 Å². The SMILES string of the molecule is CC(C)(C(=O)O)C(=O)Nc1ccccc1OC(F)F. The summed E-state index contributed by atoms with van der Waals surface area (Å²) in [7, 11) is 0. The van der Waals surface area contributed by atoms with Gasteiger partial charge in [-0.3, -0.25) is 9.59 Å². The van der Waals surface area contributed by atoms with Gasteiger partial charge in [-0.05, 0) is 26.0 Å². The van der Waals surface area contributed by atoms with Crippen LogP contribution >= 0.6 is 0 Å². The molecule has 0 spiro atoms. The van der Waals surface area contributed by atoms with E-state index >= 15 is 0 Å². The standard InChI is InChI=1S/C12H13F2NO4/c1-12(2,10(17)18)9(16)15-7-5-3-4-6-8(7)19-11(13)14/h3-6,11H,1-2H3,(H,15,16)(H,17,18). The first kappa shape index (κ1) is 14.9. The maximum atomic E-state index is 12.2. The third-order valence-corrected chi connectivity index (χ3v) is 2.45. The topological polar surface area (TPSA) is 75.6 Å². The monoisotopic (exact) mass is 273 g/mol. The van der Waals surface area contributed by atoms with Crippen molar-refractivity contribution in [1.82, 2.24) is 0 Å². The summed E-state index contributed by atoms with van der Waals surface area (Å²) in [5, 5.41) is 11.2. The third kappa shape index (κ3) is 3.64. The summed E-state index contributed by atoms with van der Waals surface area (Å²) >= 11 is 0. The Morgan fingerprint density at radius 2 is 1.89 bits per heavy atom. The van der Waals surface area contributed by atoms with E-state index < -0.39 is 23.9 Å². The highest BCUT2D eigenvalue weighted by Crippen LogP contribution is 2.27. The van der Waals surface area contributed by atoms with Crippen LogP contribution < -0.4 is 10.1 Å². The largest absolute Gasteiger partial charge is 0.480 e. The average molecular weight is 273 g/mol. The van der Waals surface area contributed by atoms with Crippen molar-refractivity contribution in [1.29, 1.82) is 0 Å². The molecule has 0 aliphatic heterocycles. The Balaban J connectivity index is 2.94. The van der Waals surface area contributed by atoms with E-state index in [2.05, 4.69) is 10.1 Å². The lowest BCUT2D eigenvalue weighted by Crippen LogP contribution is -2.37. The van der Waals surface area contributed by atoms with Crippen molar-refractivity contribution in [3.05, 3.63) is 24.3 Å². The van der Waals surface area contributed by atoms with E-state index in [1.807, 2.05) is 0 Å². The Morgan fingerprint density at radius 3 is 2.42 bits per heavy atom. The second-order valence-corrected chi connectivity index (χ2v) is 4.26. The van der Waals surface area contributed by atoms with Gasteiger partial charge in [0.1, 0.15) is 11.2 Å². The van der Waals surface area contributed by atoms with Crippen LogP contribution in [0.1, 0.15) is 13.8 Å². The molecule has 0 aliphatic carbocycles. The third-order valence-electron chi connectivity index (χ3n) is 2.45. The molecule has 1 aromatic carbocycles. The number of carboxylic acid groups (broad SMARTS) is 1. The van der Waals surface area contributed by atoms with Crippen molar-refractivity contribution < 1.29 is 28.2 Å². The van der Waals surface area contributed by atoms with Crippen LogP contribution in [0.3, 0.4) is 0 Å². The number of rotatable bonds is 5. The Kier molecular flexibility index (Phi) is 4.42. The minimum atomic E-state index is -3.04. The molecule has 0 fully saturated rings. The minimum Gasteiger partial charge on any atom is -0.480 e. The van der Waals surface area contributed by atoms with Crippen molar-refractivity contribution in [2.24, 2.45) is 5.41 Å².